The van der Waals surface area contributed by atoms with Gasteiger partial charge >= 0.3 is 0 Å². The van der Waals surface area contributed by atoms with Crippen LogP contribution in [0.15, 0.2) is 36.4 Å². The summed E-state index contributed by atoms with van der Waals surface area (Å²) in [5.41, 5.74) is 1.11. The molecule has 3 rings (SSSR count). The quantitative estimate of drug-likeness (QED) is 0.655. The second kappa shape index (κ2) is 8.02. The van der Waals surface area contributed by atoms with E-state index in [4.69, 9.17) is 9.47 Å². The molecule has 0 radical (unpaired) electrons. The highest BCUT2D eigenvalue weighted by Gasteiger charge is 2.22. The lowest BCUT2D eigenvalue weighted by atomic mass is 10.1. The van der Waals surface area contributed by atoms with Crippen molar-refractivity contribution >= 4 is 27.3 Å². The Balaban J connectivity index is 1.90. The molecule has 142 valence electrons. The van der Waals surface area contributed by atoms with Gasteiger partial charge in [0.15, 0.2) is 11.6 Å². The molecular weight excluding hydrogens is 372 g/mol. The average Bonchev–Trinajstić information content (AvgIpc) is 3.02. The van der Waals surface area contributed by atoms with Crippen LogP contribution in [0.2, 0.25) is 0 Å². The molecule has 1 atom stereocenters. The molecule has 4 nitrogen and oxygen atoms in total. The fraction of sp³-hybridized carbons (Fsp3) is 0.250. The van der Waals surface area contributed by atoms with Crippen LogP contribution in [0.25, 0.3) is 10.1 Å². The maximum Gasteiger partial charge on any atom is 0.262 e. The van der Waals surface area contributed by atoms with Crippen LogP contribution in [0.5, 0.6) is 5.75 Å². The van der Waals surface area contributed by atoms with E-state index in [1.165, 1.54) is 43.8 Å². The summed E-state index contributed by atoms with van der Waals surface area (Å²) in [6, 6.07) is 8.81. The molecule has 0 saturated carbocycles. The smallest absolute Gasteiger partial charge is 0.262 e. The topological polar surface area (TPSA) is 47.6 Å². The van der Waals surface area contributed by atoms with Crippen LogP contribution in [-0.2, 0) is 11.3 Å². The Bertz CT molecular complexity index is 987. The first-order chi connectivity index (χ1) is 13.0. The maximum atomic E-state index is 14.3. The molecule has 0 spiro atoms. The van der Waals surface area contributed by atoms with Gasteiger partial charge in [-0.1, -0.05) is 12.1 Å². The van der Waals surface area contributed by atoms with E-state index in [0.29, 0.717) is 26.1 Å². The van der Waals surface area contributed by atoms with Gasteiger partial charge in [0.1, 0.15) is 5.82 Å². The van der Waals surface area contributed by atoms with Crippen LogP contribution >= 0.6 is 11.3 Å². The normalized spacial score (nSPS) is 12.2. The van der Waals surface area contributed by atoms with Crippen molar-refractivity contribution in [1.29, 1.82) is 0 Å². The molecule has 1 N–H and O–H groups in total. The maximum absolute atomic E-state index is 14.3. The Kier molecular flexibility index (Phi) is 5.72. The summed E-state index contributed by atoms with van der Waals surface area (Å²) in [6.07, 6.45) is 0. The van der Waals surface area contributed by atoms with Crippen molar-refractivity contribution in [3.05, 3.63) is 64.0 Å². The monoisotopic (exact) mass is 391 g/mol. The highest BCUT2D eigenvalue weighted by Crippen LogP contribution is 2.34. The minimum Gasteiger partial charge on any atom is -0.494 e. The number of carbonyl (C=O) groups excluding carboxylic acids is 1. The number of benzene rings is 2. The summed E-state index contributed by atoms with van der Waals surface area (Å²) < 4.78 is 38.9. The third-order valence-corrected chi connectivity index (χ3v) is 5.48. The van der Waals surface area contributed by atoms with Gasteiger partial charge in [0.25, 0.3) is 5.91 Å². The third-order valence-electron chi connectivity index (χ3n) is 4.28. The zero-order valence-corrected chi connectivity index (χ0v) is 16.0. The van der Waals surface area contributed by atoms with Crippen molar-refractivity contribution in [2.45, 2.75) is 19.6 Å². The van der Waals surface area contributed by atoms with E-state index < -0.39 is 11.9 Å². The van der Waals surface area contributed by atoms with Crippen molar-refractivity contribution in [3.8, 4) is 5.75 Å². The van der Waals surface area contributed by atoms with Gasteiger partial charge in [-0.3, -0.25) is 4.79 Å². The first-order valence-electron chi connectivity index (χ1n) is 8.29. The number of rotatable bonds is 6. The highest BCUT2D eigenvalue weighted by molar-refractivity contribution is 7.21. The van der Waals surface area contributed by atoms with Crippen molar-refractivity contribution in [3.63, 3.8) is 0 Å². The SMILES string of the molecule is COCc1c(C(=O)NC(C)c2ccc(OC)c(F)c2)sc2cccc(F)c12. The summed E-state index contributed by atoms with van der Waals surface area (Å²) in [5, 5.41) is 3.24. The van der Waals surface area contributed by atoms with Gasteiger partial charge in [0, 0.05) is 22.8 Å². The van der Waals surface area contributed by atoms with E-state index in [1.807, 2.05) is 0 Å². The number of ether oxygens (including phenoxy) is 2. The number of hydrogen-bond donors (Lipinski definition) is 1. The predicted octanol–water partition coefficient (Wildman–Crippen LogP) is 4.83. The minimum atomic E-state index is -0.500. The van der Waals surface area contributed by atoms with E-state index in [0.717, 1.165) is 0 Å². The van der Waals surface area contributed by atoms with Crippen LogP contribution in [-0.4, -0.2) is 20.1 Å². The van der Waals surface area contributed by atoms with Gasteiger partial charge in [-0.05, 0) is 36.8 Å². The van der Waals surface area contributed by atoms with E-state index >= 15 is 0 Å². The number of nitrogens with one attached hydrogen (secondary N) is 1. The van der Waals surface area contributed by atoms with Crippen LogP contribution in [0.3, 0.4) is 0 Å². The molecule has 1 heterocycles. The Hall–Kier alpha value is -2.51. The summed E-state index contributed by atoms with van der Waals surface area (Å²) in [7, 11) is 2.88. The first kappa shape index (κ1) is 19.3. The van der Waals surface area contributed by atoms with Gasteiger partial charge in [-0.15, -0.1) is 11.3 Å². The Labute approximate surface area is 159 Å². The Morgan fingerprint density at radius 2 is 1.96 bits per heavy atom. The standard InChI is InChI=1S/C20H19F2NO3S/c1-11(12-7-8-16(26-3)15(22)9-12)23-20(24)19-13(10-25-2)18-14(21)5-4-6-17(18)27-19/h4-9,11H,10H2,1-3H3,(H,23,24). The summed E-state index contributed by atoms with van der Waals surface area (Å²) in [5.74, 6) is -1.11. The molecule has 0 fully saturated rings. The third kappa shape index (κ3) is 3.79. The first-order valence-corrected chi connectivity index (χ1v) is 9.11. The van der Waals surface area contributed by atoms with E-state index in [1.54, 1.807) is 25.1 Å². The molecule has 7 heteroatoms. The number of amides is 1. The summed E-state index contributed by atoms with van der Waals surface area (Å²) in [6.45, 7) is 1.87. The zero-order valence-electron chi connectivity index (χ0n) is 15.1. The number of halogens is 2. The Morgan fingerprint density at radius 3 is 2.63 bits per heavy atom. The van der Waals surface area contributed by atoms with Gasteiger partial charge in [0.05, 0.1) is 24.6 Å². The number of methoxy groups -OCH3 is 2. The molecule has 1 amide bonds. The predicted molar refractivity (Wildman–Crippen MR) is 101 cm³/mol. The van der Waals surface area contributed by atoms with E-state index in [2.05, 4.69) is 5.32 Å². The van der Waals surface area contributed by atoms with Crippen LogP contribution < -0.4 is 10.1 Å². The van der Waals surface area contributed by atoms with E-state index in [-0.39, 0.29) is 24.1 Å². The zero-order chi connectivity index (χ0) is 19.6. The molecule has 1 aromatic heterocycles. The van der Waals surface area contributed by atoms with Crippen molar-refractivity contribution in [1.82, 2.24) is 5.32 Å². The van der Waals surface area contributed by atoms with Crippen LogP contribution in [0.4, 0.5) is 8.78 Å². The van der Waals surface area contributed by atoms with Crippen LogP contribution in [0.1, 0.15) is 33.8 Å². The molecule has 0 aliphatic heterocycles. The van der Waals surface area contributed by atoms with Crippen molar-refractivity contribution in [2.75, 3.05) is 14.2 Å². The van der Waals surface area contributed by atoms with Crippen molar-refractivity contribution in [2.24, 2.45) is 0 Å². The fourth-order valence-corrected chi connectivity index (χ4v) is 4.06. The molecule has 0 saturated heterocycles. The van der Waals surface area contributed by atoms with Crippen LogP contribution in [0, 0.1) is 11.6 Å². The van der Waals surface area contributed by atoms with E-state index in [9.17, 15) is 13.6 Å². The molecule has 1 unspecified atom stereocenters. The number of thiophene rings is 1. The van der Waals surface area contributed by atoms with Crippen molar-refractivity contribution < 1.29 is 23.0 Å². The average molecular weight is 391 g/mol. The molecule has 27 heavy (non-hydrogen) atoms. The molecular formula is C20H19F2NO3S. The van der Waals surface area contributed by atoms with Gasteiger partial charge in [-0.25, -0.2) is 8.78 Å². The molecule has 3 aromatic rings. The summed E-state index contributed by atoms with van der Waals surface area (Å²) >= 11 is 1.21. The second-order valence-corrected chi connectivity index (χ2v) is 7.10. The second-order valence-electron chi connectivity index (χ2n) is 6.04. The summed E-state index contributed by atoms with van der Waals surface area (Å²) in [4.78, 5) is 13.2. The fourth-order valence-electron chi connectivity index (χ4n) is 2.93. The lowest BCUT2D eigenvalue weighted by Gasteiger charge is -2.15. The number of fused-ring (bicyclic) bond motifs is 1. The largest absolute Gasteiger partial charge is 0.494 e. The molecule has 0 aliphatic rings. The molecule has 0 bridgehead atoms. The van der Waals surface area contributed by atoms with Gasteiger partial charge in [-0.2, -0.15) is 0 Å². The number of carbonyl (C=O) groups is 1. The Morgan fingerprint density at radius 1 is 1.19 bits per heavy atom. The molecule has 0 aliphatic carbocycles. The highest BCUT2D eigenvalue weighted by atomic mass is 32.1. The minimum absolute atomic E-state index is 0.120. The van der Waals surface area contributed by atoms with Gasteiger partial charge < -0.3 is 14.8 Å². The number of hydrogen-bond acceptors (Lipinski definition) is 4. The lowest BCUT2D eigenvalue weighted by Crippen LogP contribution is -2.26. The van der Waals surface area contributed by atoms with Gasteiger partial charge in [0.2, 0.25) is 0 Å². The molecule has 2 aromatic carbocycles. The lowest BCUT2D eigenvalue weighted by molar-refractivity contribution is 0.0939.